The molecule has 0 saturated heterocycles. The van der Waals surface area contributed by atoms with Gasteiger partial charge in [0.2, 0.25) is 5.91 Å². The first-order chi connectivity index (χ1) is 12.0. The molecule has 0 radical (unpaired) electrons. The third-order valence-corrected chi connectivity index (χ3v) is 5.73. The SMILES string of the molecule is CCN(C(C)=O)c1nc(CSc2nc3ccccc3c(=O)n2C)cs1. The monoisotopic (exact) mass is 374 g/mol. The molecule has 2 aromatic heterocycles. The second kappa shape index (κ2) is 7.37. The maximum Gasteiger partial charge on any atom is 0.261 e. The Balaban J connectivity index is 1.82. The van der Waals surface area contributed by atoms with Crippen LogP contribution in [0.2, 0.25) is 0 Å². The molecule has 0 aliphatic heterocycles. The number of amides is 1. The van der Waals surface area contributed by atoms with E-state index in [1.54, 1.807) is 22.6 Å². The molecule has 3 aromatic rings. The van der Waals surface area contributed by atoms with Gasteiger partial charge in [0.25, 0.3) is 5.56 Å². The number of thiazole rings is 1. The molecule has 130 valence electrons. The van der Waals surface area contributed by atoms with Crippen molar-refractivity contribution in [1.29, 1.82) is 0 Å². The summed E-state index contributed by atoms with van der Waals surface area (Å²) in [5.74, 6) is 0.569. The molecule has 0 fully saturated rings. The predicted molar refractivity (Wildman–Crippen MR) is 102 cm³/mol. The molecule has 25 heavy (non-hydrogen) atoms. The minimum absolute atomic E-state index is 0.0188. The fraction of sp³-hybridized carbons (Fsp3) is 0.294. The van der Waals surface area contributed by atoms with E-state index < -0.39 is 0 Å². The van der Waals surface area contributed by atoms with Gasteiger partial charge in [0.1, 0.15) is 0 Å². The topological polar surface area (TPSA) is 68.1 Å². The molecule has 0 spiro atoms. The van der Waals surface area contributed by atoms with Crippen molar-refractivity contribution in [3.8, 4) is 0 Å². The highest BCUT2D eigenvalue weighted by Crippen LogP contribution is 2.26. The van der Waals surface area contributed by atoms with E-state index in [-0.39, 0.29) is 11.5 Å². The van der Waals surface area contributed by atoms with Crippen molar-refractivity contribution in [2.24, 2.45) is 7.05 Å². The van der Waals surface area contributed by atoms with Gasteiger partial charge < -0.3 is 0 Å². The molecule has 2 heterocycles. The lowest BCUT2D eigenvalue weighted by Crippen LogP contribution is -2.27. The minimum Gasteiger partial charge on any atom is -0.290 e. The summed E-state index contributed by atoms with van der Waals surface area (Å²) in [6.45, 7) is 4.05. The number of fused-ring (bicyclic) bond motifs is 1. The Hall–Kier alpha value is -2.19. The standard InChI is InChI=1S/C17H18N4O2S2/c1-4-21(11(2)22)17-18-12(10-25-17)9-24-16-19-14-8-6-5-7-13(14)15(23)20(16)3/h5-8,10H,4,9H2,1-3H3. The number of benzene rings is 1. The van der Waals surface area contributed by atoms with Crippen LogP contribution in [0.15, 0.2) is 39.6 Å². The Morgan fingerprint density at radius 3 is 2.80 bits per heavy atom. The molecule has 0 aliphatic carbocycles. The van der Waals surface area contributed by atoms with E-state index in [9.17, 15) is 9.59 Å². The number of hydrogen-bond acceptors (Lipinski definition) is 6. The minimum atomic E-state index is -0.0548. The average Bonchev–Trinajstić information content (AvgIpc) is 3.06. The van der Waals surface area contributed by atoms with Crippen molar-refractivity contribution in [1.82, 2.24) is 14.5 Å². The van der Waals surface area contributed by atoms with Crippen LogP contribution >= 0.6 is 23.1 Å². The lowest BCUT2D eigenvalue weighted by molar-refractivity contribution is -0.116. The Labute approximate surface area is 153 Å². The van der Waals surface area contributed by atoms with Crippen molar-refractivity contribution in [3.63, 3.8) is 0 Å². The summed E-state index contributed by atoms with van der Waals surface area (Å²) in [5, 5.41) is 3.90. The molecule has 0 unspecified atom stereocenters. The molecule has 0 atom stereocenters. The Morgan fingerprint density at radius 2 is 2.08 bits per heavy atom. The van der Waals surface area contributed by atoms with Crippen molar-refractivity contribution < 1.29 is 4.79 Å². The van der Waals surface area contributed by atoms with Gasteiger partial charge in [-0.3, -0.25) is 19.1 Å². The van der Waals surface area contributed by atoms with Gasteiger partial charge in [-0.1, -0.05) is 23.9 Å². The zero-order valence-corrected chi connectivity index (χ0v) is 15.9. The molecule has 0 N–H and O–H groups in total. The number of aromatic nitrogens is 3. The smallest absolute Gasteiger partial charge is 0.261 e. The summed E-state index contributed by atoms with van der Waals surface area (Å²) in [6.07, 6.45) is 0. The van der Waals surface area contributed by atoms with Crippen LogP contribution < -0.4 is 10.5 Å². The van der Waals surface area contributed by atoms with Crippen molar-refractivity contribution in [2.45, 2.75) is 24.8 Å². The molecule has 0 saturated carbocycles. The number of thioether (sulfide) groups is 1. The van der Waals surface area contributed by atoms with Crippen LogP contribution in [0.3, 0.4) is 0 Å². The molecule has 1 aromatic carbocycles. The molecule has 6 nitrogen and oxygen atoms in total. The Kier molecular flexibility index (Phi) is 5.19. The first-order valence-corrected chi connectivity index (χ1v) is 9.69. The van der Waals surface area contributed by atoms with Crippen LogP contribution in [0.5, 0.6) is 0 Å². The van der Waals surface area contributed by atoms with Crippen LogP contribution in [0.4, 0.5) is 5.13 Å². The van der Waals surface area contributed by atoms with Gasteiger partial charge in [0.05, 0.1) is 16.6 Å². The maximum absolute atomic E-state index is 12.4. The van der Waals surface area contributed by atoms with Gasteiger partial charge in [-0.2, -0.15) is 0 Å². The fourth-order valence-electron chi connectivity index (χ4n) is 2.44. The Bertz CT molecular complexity index is 980. The predicted octanol–water partition coefficient (Wildman–Crippen LogP) is 3.06. The molecule has 0 aliphatic rings. The van der Waals surface area contributed by atoms with Gasteiger partial charge in [-0.15, -0.1) is 11.3 Å². The number of para-hydroxylation sites is 1. The van der Waals surface area contributed by atoms with E-state index in [1.807, 2.05) is 30.5 Å². The van der Waals surface area contributed by atoms with E-state index >= 15 is 0 Å². The van der Waals surface area contributed by atoms with Crippen molar-refractivity contribution in [3.05, 3.63) is 45.7 Å². The molecule has 0 bridgehead atoms. The lowest BCUT2D eigenvalue weighted by atomic mass is 10.2. The van der Waals surface area contributed by atoms with E-state index in [0.29, 0.717) is 33.5 Å². The zero-order valence-electron chi connectivity index (χ0n) is 14.2. The fourth-order valence-corrected chi connectivity index (χ4v) is 4.35. The summed E-state index contributed by atoms with van der Waals surface area (Å²) in [4.78, 5) is 34.8. The molecule has 1 amide bonds. The first kappa shape index (κ1) is 17.6. The molecular formula is C17H18N4O2S2. The van der Waals surface area contributed by atoms with Gasteiger partial charge >= 0.3 is 0 Å². The van der Waals surface area contributed by atoms with Crippen molar-refractivity contribution >= 4 is 45.0 Å². The number of hydrogen-bond donors (Lipinski definition) is 0. The zero-order chi connectivity index (χ0) is 18.0. The summed E-state index contributed by atoms with van der Waals surface area (Å²) in [7, 11) is 1.73. The van der Waals surface area contributed by atoms with E-state index in [0.717, 1.165) is 5.69 Å². The number of anilines is 1. The maximum atomic E-state index is 12.4. The Morgan fingerprint density at radius 1 is 1.32 bits per heavy atom. The summed E-state index contributed by atoms with van der Waals surface area (Å²) < 4.78 is 1.56. The summed E-state index contributed by atoms with van der Waals surface area (Å²) in [5.41, 5.74) is 1.51. The largest absolute Gasteiger partial charge is 0.290 e. The second-order valence-electron chi connectivity index (χ2n) is 5.45. The highest BCUT2D eigenvalue weighted by Gasteiger charge is 2.14. The first-order valence-electron chi connectivity index (χ1n) is 7.82. The average molecular weight is 374 g/mol. The van der Waals surface area contributed by atoms with Gasteiger partial charge in [-0.25, -0.2) is 9.97 Å². The van der Waals surface area contributed by atoms with Crippen LogP contribution in [0, 0.1) is 0 Å². The van der Waals surface area contributed by atoms with Crippen LogP contribution in [-0.2, 0) is 17.6 Å². The van der Waals surface area contributed by atoms with E-state index in [4.69, 9.17) is 0 Å². The molecular weight excluding hydrogens is 356 g/mol. The quantitative estimate of drug-likeness (QED) is 0.507. The van der Waals surface area contributed by atoms with Gasteiger partial charge in [0.15, 0.2) is 10.3 Å². The number of rotatable bonds is 5. The number of carbonyl (C=O) groups excluding carboxylic acids is 1. The number of nitrogens with zero attached hydrogens (tertiary/aromatic N) is 4. The third-order valence-electron chi connectivity index (χ3n) is 3.76. The normalized spacial score (nSPS) is 11.0. The highest BCUT2D eigenvalue weighted by molar-refractivity contribution is 7.98. The second-order valence-corrected chi connectivity index (χ2v) is 7.23. The highest BCUT2D eigenvalue weighted by atomic mass is 32.2. The van der Waals surface area contributed by atoms with Gasteiger partial charge in [0, 0.05) is 31.6 Å². The lowest BCUT2D eigenvalue weighted by Gasteiger charge is -2.14. The van der Waals surface area contributed by atoms with E-state index in [2.05, 4.69) is 9.97 Å². The number of carbonyl (C=O) groups is 1. The van der Waals surface area contributed by atoms with Gasteiger partial charge in [-0.05, 0) is 19.1 Å². The molecule has 3 rings (SSSR count). The summed E-state index contributed by atoms with van der Waals surface area (Å²) in [6, 6.07) is 7.33. The molecule has 8 heteroatoms. The third kappa shape index (κ3) is 3.59. The van der Waals surface area contributed by atoms with Crippen molar-refractivity contribution in [2.75, 3.05) is 11.4 Å². The van der Waals surface area contributed by atoms with Crippen LogP contribution in [0.25, 0.3) is 10.9 Å². The van der Waals surface area contributed by atoms with Crippen LogP contribution in [-0.4, -0.2) is 27.0 Å². The summed E-state index contributed by atoms with van der Waals surface area (Å²) >= 11 is 2.91. The van der Waals surface area contributed by atoms with E-state index in [1.165, 1.54) is 30.0 Å². The van der Waals surface area contributed by atoms with Crippen LogP contribution in [0.1, 0.15) is 19.5 Å².